The number of hydrogen-bond acceptors (Lipinski definition) is 6. The molecule has 0 saturated carbocycles. The number of benzene rings is 3. The number of esters is 1. The van der Waals surface area contributed by atoms with Gasteiger partial charge in [0.25, 0.3) is 0 Å². The number of fused-ring (bicyclic) bond motifs is 6. The van der Waals surface area contributed by atoms with Crippen LogP contribution < -0.4 is 9.64 Å². The van der Waals surface area contributed by atoms with Crippen molar-refractivity contribution < 1.29 is 24.5 Å². The maximum Gasteiger partial charge on any atom is 0.340 e. The van der Waals surface area contributed by atoms with Gasteiger partial charge in [-0.25, -0.2) is 4.79 Å². The number of carbonyl (C=O) groups excluding carboxylic acids is 1. The average molecular weight is 375 g/mol. The number of anilines is 1. The fourth-order valence-corrected chi connectivity index (χ4v) is 4.13. The monoisotopic (exact) mass is 375 g/mol. The topological polar surface area (TPSA) is 79.2 Å². The SMILES string of the molecule is CN(C)c1c(O)ccc2c1Oc1cc(O)ccc1C21OC(=O)c2ccccc21. The minimum absolute atomic E-state index is 0.0292. The first-order valence-corrected chi connectivity index (χ1v) is 8.81. The van der Waals surface area contributed by atoms with Crippen LogP contribution in [0.4, 0.5) is 5.69 Å². The van der Waals surface area contributed by atoms with Crippen molar-refractivity contribution in [3.63, 3.8) is 0 Å². The van der Waals surface area contributed by atoms with Crippen LogP contribution in [0.1, 0.15) is 27.0 Å². The van der Waals surface area contributed by atoms with Crippen LogP contribution in [0.2, 0.25) is 0 Å². The highest BCUT2D eigenvalue weighted by molar-refractivity contribution is 5.97. The third-order valence-corrected chi connectivity index (χ3v) is 5.27. The highest BCUT2D eigenvalue weighted by Gasteiger charge is 2.54. The van der Waals surface area contributed by atoms with Crippen LogP contribution in [-0.2, 0) is 10.3 Å². The van der Waals surface area contributed by atoms with Crippen LogP contribution in [0.25, 0.3) is 0 Å². The molecule has 0 aliphatic carbocycles. The van der Waals surface area contributed by atoms with Gasteiger partial charge in [0.05, 0.1) is 11.1 Å². The molecule has 1 spiro atoms. The molecule has 2 heterocycles. The van der Waals surface area contributed by atoms with E-state index in [1.165, 1.54) is 12.1 Å². The van der Waals surface area contributed by atoms with Crippen molar-refractivity contribution in [3.8, 4) is 23.0 Å². The van der Waals surface area contributed by atoms with E-state index in [0.717, 1.165) is 0 Å². The summed E-state index contributed by atoms with van der Waals surface area (Å²) < 4.78 is 12.1. The number of carbonyl (C=O) groups is 1. The summed E-state index contributed by atoms with van der Waals surface area (Å²) in [5.41, 5.74) is 1.66. The second-order valence-electron chi connectivity index (χ2n) is 7.10. The van der Waals surface area contributed by atoms with Gasteiger partial charge in [0, 0.05) is 31.3 Å². The average Bonchev–Trinajstić information content (AvgIpc) is 2.95. The first kappa shape index (κ1) is 16.5. The molecular formula is C22H17NO5. The third kappa shape index (κ3) is 1.94. The zero-order valence-electron chi connectivity index (χ0n) is 15.3. The van der Waals surface area contributed by atoms with Crippen molar-refractivity contribution in [2.75, 3.05) is 19.0 Å². The lowest BCUT2D eigenvalue weighted by molar-refractivity contribution is 0.0224. The minimum atomic E-state index is -1.22. The van der Waals surface area contributed by atoms with Gasteiger partial charge in [-0.2, -0.15) is 0 Å². The van der Waals surface area contributed by atoms with E-state index in [0.29, 0.717) is 39.4 Å². The second-order valence-corrected chi connectivity index (χ2v) is 7.10. The molecule has 6 heteroatoms. The van der Waals surface area contributed by atoms with Gasteiger partial charge in [0.2, 0.25) is 0 Å². The van der Waals surface area contributed by atoms with Crippen molar-refractivity contribution in [1.82, 2.24) is 0 Å². The van der Waals surface area contributed by atoms with Crippen LogP contribution in [0.3, 0.4) is 0 Å². The summed E-state index contributed by atoms with van der Waals surface area (Å²) in [5, 5.41) is 20.4. The van der Waals surface area contributed by atoms with Gasteiger partial charge in [-0.15, -0.1) is 0 Å². The van der Waals surface area contributed by atoms with Gasteiger partial charge >= 0.3 is 5.97 Å². The molecule has 5 rings (SSSR count). The van der Waals surface area contributed by atoms with Gasteiger partial charge < -0.3 is 24.6 Å². The molecule has 3 aromatic rings. The van der Waals surface area contributed by atoms with Crippen molar-refractivity contribution in [2.45, 2.75) is 5.60 Å². The molecule has 140 valence electrons. The van der Waals surface area contributed by atoms with Gasteiger partial charge in [-0.05, 0) is 30.3 Å². The molecule has 0 saturated heterocycles. The lowest BCUT2D eigenvalue weighted by Crippen LogP contribution is -2.33. The Labute approximate surface area is 161 Å². The predicted octanol–water partition coefficient (Wildman–Crippen LogP) is 3.73. The van der Waals surface area contributed by atoms with E-state index in [9.17, 15) is 15.0 Å². The standard InChI is InChI=1S/C22H17NO5/c1-23(2)19-17(25)10-9-16-20(19)27-18-11-12(24)7-8-15(18)22(16)14-6-4-3-5-13(14)21(26)28-22/h3-11,24-25H,1-2H3. The fourth-order valence-electron chi connectivity index (χ4n) is 4.13. The molecule has 3 aromatic carbocycles. The quantitative estimate of drug-likeness (QED) is 0.631. The molecule has 0 radical (unpaired) electrons. The van der Waals surface area contributed by atoms with E-state index in [2.05, 4.69) is 0 Å². The van der Waals surface area contributed by atoms with Crippen molar-refractivity contribution in [3.05, 3.63) is 76.9 Å². The summed E-state index contributed by atoms with van der Waals surface area (Å²) in [6.45, 7) is 0. The van der Waals surface area contributed by atoms with Crippen molar-refractivity contribution in [1.29, 1.82) is 0 Å². The molecular weight excluding hydrogens is 358 g/mol. The highest BCUT2D eigenvalue weighted by Crippen LogP contribution is 2.59. The van der Waals surface area contributed by atoms with Crippen LogP contribution in [-0.4, -0.2) is 30.3 Å². The van der Waals surface area contributed by atoms with Crippen LogP contribution >= 0.6 is 0 Å². The third-order valence-electron chi connectivity index (χ3n) is 5.27. The van der Waals surface area contributed by atoms with E-state index in [-0.39, 0.29) is 11.5 Å². The molecule has 28 heavy (non-hydrogen) atoms. The predicted molar refractivity (Wildman–Crippen MR) is 102 cm³/mol. The molecule has 1 unspecified atom stereocenters. The summed E-state index contributed by atoms with van der Waals surface area (Å²) >= 11 is 0. The Kier molecular flexibility index (Phi) is 3.19. The van der Waals surface area contributed by atoms with Crippen molar-refractivity contribution in [2.24, 2.45) is 0 Å². The van der Waals surface area contributed by atoms with Crippen LogP contribution in [0, 0.1) is 0 Å². The Morgan fingerprint density at radius 2 is 1.68 bits per heavy atom. The molecule has 0 fully saturated rings. The molecule has 1 atom stereocenters. The van der Waals surface area contributed by atoms with Gasteiger partial charge in [-0.3, -0.25) is 0 Å². The second kappa shape index (κ2) is 5.42. The fraction of sp³-hybridized carbons (Fsp3) is 0.136. The lowest BCUT2D eigenvalue weighted by atomic mass is 9.77. The maximum absolute atomic E-state index is 12.7. The number of aromatic hydroxyl groups is 2. The summed E-state index contributed by atoms with van der Waals surface area (Å²) in [6, 6.07) is 15.2. The van der Waals surface area contributed by atoms with Gasteiger partial charge in [-0.1, -0.05) is 18.2 Å². The number of phenols is 2. The summed E-state index contributed by atoms with van der Waals surface area (Å²) in [4.78, 5) is 14.5. The van der Waals surface area contributed by atoms with E-state index >= 15 is 0 Å². The van der Waals surface area contributed by atoms with Gasteiger partial charge in [0.15, 0.2) is 11.4 Å². The molecule has 2 aliphatic heterocycles. The molecule has 0 bridgehead atoms. The highest BCUT2D eigenvalue weighted by atomic mass is 16.6. The van der Waals surface area contributed by atoms with E-state index < -0.39 is 11.6 Å². The number of ether oxygens (including phenoxy) is 2. The number of rotatable bonds is 1. The normalized spacial score (nSPS) is 18.7. The number of hydrogen-bond donors (Lipinski definition) is 2. The number of phenolic OH excluding ortho intramolecular Hbond substituents is 2. The zero-order valence-corrected chi connectivity index (χ0v) is 15.3. The molecule has 0 amide bonds. The largest absolute Gasteiger partial charge is 0.508 e. The van der Waals surface area contributed by atoms with Crippen LogP contribution in [0.5, 0.6) is 23.0 Å². The Bertz CT molecular complexity index is 1150. The smallest absolute Gasteiger partial charge is 0.340 e. The van der Waals surface area contributed by atoms with E-state index in [1.54, 1.807) is 49.3 Å². The zero-order chi connectivity index (χ0) is 19.6. The molecule has 2 N–H and O–H groups in total. The van der Waals surface area contributed by atoms with Gasteiger partial charge in [0.1, 0.15) is 22.9 Å². The first-order chi connectivity index (χ1) is 13.4. The summed E-state index contributed by atoms with van der Waals surface area (Å²) in [5.74, 6) is 0.391. The lowest BCUT2D eigenvalue weighted by Gasteiger charge is -2.38. The Balaban J connectivity index is 1.93. The minimum Gasteiger partial charge on any atom is -0.508 e. The summed E-state index contributed by atoms with van der Waals surface area (Å²) in [6.07, 6.45) is 0. The van der Waals surface area contributed by atoms with E-state index in [1.807, 2.05) is 12.1 Å². The van der Waals surface area contributed by atoms with Crippen LogP contribution in [0.15, 0.2) is 54.6 Å². The summed E-state index contributed by atoms with van der Waals surface area (Å²) in [7, 11) is 3.58. The Hall–Kier alpha value is -3.67. The Morgan fingerprint density at radius 3 is 2.46 bits per heavy atom. The molecule has 2 aliphatic rings. The maximum atomic E-state index is 12.7. The Morgan fingerprint density at radius 1 is 0.929 bits per heavy atom. The van der Waals surface area contributed by atoms with Crippen molar-refractivity contribution >= 4 is 11.7 Å². The first-order valence-electron chi connectivity index (χ1n) is 8.81. The number of nitrogens with zero attached hydrogens (tertiary/aromatic N) is 1. The molecule has 0 aromatic heterocycles. The molecule has 6 nitrogen and oxygen atoms in total. The van der Waals surface area contributed by atoms with E-state index in [4.69, 9.17) is 9.47 Å².